The van der Waals surface area contributed by atoms with Crippen LogP contribution in [0.2, 0.25) is 0 Å². The Morgan fingerprint density at radius 2 is 2.24 bits per heavy atom. The van der Waals surface area contributed by atoms with Gasteiger partial charge in [-0.25, -0.2) is 4.90 Å². The number of aryl methyl sites for hydroxylation is 1. The molecule has 1 fully saturated rings. The second-order valence-electron chi connectivity index (χ2n) is 5.35. The van der Waals surface area contributed by atoms with E-state index in [1.165, 1.54) is 21.7 Å². The van der Waals surface area contributed by atoms with E-state index in [9.17, 15) is 4.79 Å². The number of H-pyrrole nitrogens is 1. The second-order valence-corrected chi connectivity index (χ2v) is 7.19. The number of carbonyl (C=O) groups excluding carboxylic acids is 1. The molecule has 3 aromatic rings. The molecule has 1 saturated heterocycles. The number of aromatic nitrogens is 4. The molecule has 1 aromatic carbocycles. The monoisotopic (exact) mass is 368 g/mol. The Hall–Kier alpha value is -2.78. The van der Waals surface area contributed by atoms with Gasteiger partial charge in [-0.2, -0.15) is 5.10 Å². The van der Waals surface area contributed by atoms with E-state index in [0.29, 0.717) is 10.0 Å². The number of amidine groups is 1. The zero-order valence-corrected chi connectivity index (χ0v) is 14.7. The minimum absolute atomic E-state index is 0.119. The molecule has 0 saturated carbocycles. The highest BCUT2D eigenvalue weighted by Gasteiger charge is 2.35. The molecule has 124 valence electrons. The molecule has 4 rings (SSSR count). The van der Waals surface area contributed by atoms with Gasteiger partial charge in [-0.1, -0.05) is 35.1 Å². The van der Waals surface area contributed by atoms with Gasteiger partial charge in [0.25, 0.3) is 5.91 Å². The van der Waals surface area contributed by atoms with Gasteiger partial charge >= 0.3 is 0 Å². The van der Waals surface area contributed by atoms with Crippen molar-refractivity contribution in [3.05, 3.63) is 52.0 Å². The summed E-state index contributed by atoms with van der Waals surface area (Å²) < 4.78 is 0. The molecule has 0 radical (unpaired) electrons. The smallest absolute Gasteiger partial charge is 0.273 e. The number of carbonyl (C=O) groups is 1. The van der Waals surface area contributed by atoms with Crippen LogP contribution in [0.3, 0.4) is 0 Å². The van der Waals surface area contributed by atoms with E-state index in [1.54, 1.807) is 12.3 Å². The number of thioether (sulfide) groups is 1. The molecular formula is C16H12N6OS2. The Labute approximate surface area is 151 Å². The number of amides is 1. The van der Waals surface area contributed by atoms with Crippen molar-refractivity contribution in [2.24, 2.45) is 0 Å². The first kappa shape index (κ1) is 15.7. The van der Waals surface area contributed by atoms with Crippen LogP contribution in [0.5, 0.6) is 0 Å². The molecule has 2 N–H and O–H groups in total. The average molecular weight is 368 g/mol. The van der Waals surface area contributed by atoms with Crippen molar-refractivity contribution >= 4 is 45.4 Å². The van der Waals surface area contributed by atoms with Gasteiger partial charge in [-0.3, -0.25) is 15.3 Å². The van der Waals surface area contributed by atoms with Crippen LogP contribution in [0.25, 0.3) is 17.3 Å². The summed E-state index contributed by atoms with van der Waals surface area (Å²) in [7, 11) is 0. The number of rotatable bonds is 3. The predicted octanol–water partition coefficient (Wildman–Crippen LogP) is 3.29. The molecule has 1 aliphatic heterocycles. The van der Waals surface area contributed by atoms with Crippen LogP contribution in [-0.2, 0) is 4.79 Å². The third-order valence-electron chi connectivity index (χ3n) is 3.63. The first-order chi connectivity index (χ1) is 12.1. The summed E-state index contributed by atoms with van der Waals surface area (Å²) in [5.41, 5.74) is 5.31. The fourth-order valence-electron chi connectivity index (χ4n) is 2.50. The molecule has 0 unspecified atom stereocenters. The van der Waals surface area contributed by atoms with Crippen molar-refractivity contribution < 1.29 is 4.79 Å². The Morgan fingerprint density at radius 1 is 1.36 bits per heavy atom. The van der Waals surface area contributed by atoms with Crippen molar-refractivity contribution in [2.45, 2.75) is 6.92 Å². The van der Waals surface area contributed by atoms with Crippen molar-refractivity contribution in [3.8, 4) is 11.3 Å². The lowest BCUT2D eigenvalue weighted by atomic mass is 10.1. The van der Waals surface area contributed by atoms with Gasteiger partial charge in [0.2, 0.25) is 5.13 Å². The average Bonchev–Trinajstić information content (AvgIpc) is 3.30. The fraction of sp³-hybridized carbons (Fsp3) is 0.0625. The van der Waals surface area contributed by atoms with Crippen LogP contribution in [0, 0.1) is 12.3 Å². The zero-order valence-electron chi connectivity index (χ0n) is 13.1. The molecule has 25 heavy (non-hydrogen) atoms. The van der Waals surface area contributed by atoms with Gasteiger partial charge in [0, 0.05) is 11.1 Å². The van der Waals surface area contributed by atoms with E-state index < -0.39 is 0 Å². The van der Waals surface area contributed by atoms with Crippen LogP contribution in [-0.4, -0.2) is 31.5 Å². The van der Waals surface area contributed by atoms with Crippen molar-refractivity contribution in [1.29, 1.82) is 5.41 Å². The van der Waals surface area contributed by atoms with Crippen molar-refractivity contribution in [3.63, 3.8) is 0 Å². The summed E-state index contributed by atoms with van der Waals surface area (Å²) in [6.45, 7) is 2.02. The molecule has 0 spiro atoms. The molecule has 7 nitrogen and oxygen atoms in total. The van der Waals surface area contributed by atoms with Crippen LogP contribution >= 0.6 is 23.1 Å². The Balaban J connectivity index is 1.70. The summed E-state index contributed by atoms with van der Waals surface area (Å²) in [5, 5.41) is 23.3. The highest BCUT2D eigenvalue weighted by molar-refractivity contribution is 8.19. The lowest BCUT2D eigenvalue weighted by Gasteiger charge is -2.08. The molecule has 2 aromatic heterocycles. The normalized spacial score (nSPS) is 16.2. The molecule has 1 aliphatic rings. The maximum Gasteiger partial charge on any atom is 0.273 e. The predicted molar refractivity (Wildman–Crippen MR) is 99.5 cm³/mol. The largest absolute Gasteiger partial charge is 0.278 e. The first-order valence-corrected chi connectivity index (χ1v) is 9.02. The number of nitrogens with zero attached hydrogens (tertiary/aromatic N) is 4. The minimum atomic E-state index is -0.275. The summed E-state index contributed by atoms with van der Waals surface area (Å²) >= 11 is 2.33. The maximum absolute atomic E-state index is 12.6. The Morgan fingerprint density at radius 3 is 3.00 bits per heavy atom. The lowest BCUT2D eigenvalue weighted by molar-refractivity contribution is -0.113. The quantitative estimate of drug-likeness (QED) is 0.691. The van der Waals surface area contributed by atoms with Crippen LogP contribution in [0.1, 0.15) is 11.1 Å². The highest BCUT2D eigenvalue weighted by Crippen LogP contribution is 2.36. The second kappa shape index (κ2) is 6.26. The van der Waals surface area contributed by atoms with Crippen LogP contribution in [0.4, 0.5) is 5.13 Å². The molecule has 0 atom stereocenters. The minimum Gasteiger partial charge on any atom is -0.278 e. The van der Waals surface area contributed by atoms with Crippen molar-refractivity contribution in [1.82, 2.24) is 20.4 Å². The van der Waals surface area contributed by atoms with Crippen LogP contribution < -0.4 is 4.90 Å². The molecule has 0 bridgehead atoms. The lowest BCUT2D eigenvalue weighted by Crippen LogP contribution is -2.27. The molecular weight excluding hydrogens is 356 g/mol. The summed E-state index contributed by atoms with van der Waals surface area (Å²) in [4.78, 5) is 14.4. The van der Waals surface area contributed by atoms with Gasteiger partial charge in [0.1, 0.15) is 5.51 Å². The van der Waals surface area contributed by atoms with E-state index in [-0.39, 0.29) is 11.1 Å². The summed E-state index contributed by atoms with van der Waals surface area (Å²) in [5.74, 6) is -0.275. The number of hydrogen-bond donors (Lipinski definition) is 2. The number of nitrogens with one attached hydrogen (secondary N) is 2. The Kier molecular flexibility index (Phi) is 3.94. The first-order valence-electron chi connectivity index (χ1n) is 7.32. The van der Waals surface area contributed by atoms with E-state index in [4.69, 9.17) is 5.41 Å². The number of anilines is 1. The van der Waals surface area contributed by atoms with E-state index >= 15 is 0 Å². The van der Waals surface area contributed by atoms with Gasteiger partial charge < -0.3 is 0 Å². The topological polar surface area (TPSA) is 98.6 Å². The molecule has 0 aliphatic carbocycles. The SMILES string of the molecule is Cc1cccc(-c2[nH]ncc2C=C2SC(=N)N(c3nncs3)C2=O)c1. The zero-order chi connectivity index (χ0) is 17.4. The van der Waals surface area contributed by atoms with Crippen LogP contribution in [0.15, 0.2) is 40.9 Å². The van der Waals surface area contributed by atoms with Gasteiger partial charge in [-0.05, 0) is 30.8 Å². The van der Waals surface area contributed by atoms with Crippen molar-refractivity contribution in [2.75, 3.05) is 4.90 Å². The summed E-state index contributed by atoms with van der Waals surface area (Å²) in [6, 6.07) is 8.04. The summed E-state index contributed by atoms with van der Waals surface area (Å²) in [6.07, 6.45) is 3.43. The van der Waals surface area contributed by atoms with E-state index in [0.717, 1.165) is 34.1 Å². The van der Waals surface area contributed by atoms with E-state index in [1.807, 2.05) is 25.1 Å². The third-order valence-corrected chi connectivity index (χ3v) is 5.19. The Bertz CT molecular complexity index is 992. The molecule has 3 heterocycles. The number of aromatic amines is 1. The number of benzene rings is 1. The molecule has 1 amide bonds. The molecule has 9 heteroatoms. The van der Waals surface area contributed by atoms with Gasteiger partial charge in [0.15, 0.2) is 5.17 Å². The van der Waals surface area contributed by atoms with Gasteiger partial charge in [0.05, 0.1) is 16.8 Å². The van der Waals surface area contributed by atoms with E-state index in [2.05, 4.69) is 26.5 Å². The number of hydrogen-bond acceptors (Lipinski definition) is 7. The van der Waals surface area contributed by atoms with Gasteiger partial charge in [-0.15, -0.1) is 10.2 Å². The highest BCUT2D eigenvalue weighted by atomic mass is 32.2. The maximum atomic E-state index is 12.6. The standard InChI is InChI=1S/C16H12N6OS2/c1-9-3-2-4-10(5-9)13-11(7-18-20-13)6-12-14(23)22(15(17)25-12)16-21-19-8-24-16/h2-8,17H,1H3,(H,18,20). The fourth-order valence-corrected chi connectivity index (χ4v) is 3.96. The third kappa shape index (κ3) is 2.87.